The summed E-state index contributed by atoms with van der Waals surface area (Å²) in [6, 6.07) is 18.5. The van der Waals surface area contributed by atoms with E-state index in [1.165, 1.54) is 0 Å². The molecule has 2 rings (SSSR count). The molecule has 2 aromatic carbocycles. The number of benzene rings is 2. The van der Waals surface area contributed by atoms with E-state index in [2.05, 4.69) is 0 Å². The number of rotatable bonds is 5. The number of hydrogen-bond acceptors (Lipinski definition) is 2. The third kappa shape index (κ3) is 5.94. The van der Waals surface area contributed by atoms with Crippen LogP contribution in [-0.2, 0) is 9.59 Å². The Kier molecular flexibility index (Phi) is 7.54. The molecule has 0 saturated heterocycles. The Balaban J connectivity index is 0.000000231. The SMILES string of the molecule is CC(C(=O)O)c1ccccc1.CCC(C(=O)O)c1ccccc1. The number of carboxylic acid groups (broad SMARTS) is 2. The lowest BCUT2D eigenvalue weighted by Crippen LogP contribution is -2.09. The standard InChI is InChI=1S/C10H12O2.C9H10O2/c1-2-9(10(11)12)8-6-4-3-5-7-8;1-7(9(10)11)8-5-3-2-4-6-8/h3-7,9H,2H2,1H3,(H,11,12);2-7H,1H3,(H,10,11). The van der Waals surface area contributed by atoms with E-state index in [9.17, 15) is 9.59 Å². The molecule has 0 aliphatic rings. The first kappa shape index (κ1) is 18.4. The fourth-order valence-electron chi connectivity index (χ4n) is 2.12. The lowest BCUT2D eigenvalue weighted by Gasteiger charge is -2.08. The van der Waals surface area contributed by atoms with Crippen LogP contribution in [0.25, 0.3) is 0 Å². The van der Waals surface area contributed by atoms with Crippen LogP contribution in [0.4, 0.5) is 0 Å². The fourth-order valence-corrected chi connectivity index (χ4v) is 2.12. The van der Waals surface area contributed by atoms with Crippen LogP contribution in [0.1, 0.15) is 43.2 Å². The van der Waals surface area contributed by atoms with Gasteiger partial charge >= 0.3 is 11.9 Å². The maximum atomic E-state index is 10.7. The molecule has 0 aliphatic heterocycles. The molecule has 0 heterocycles. The third-order valence-corrected chi connectivity index (χ3v) is 3.58. The maximum Gasteiger partial charge on any atom is 0.310 e. The van der Waals surface area contributed by atoms with Gasteiger partial charge in [-0.2, -0.15) is 0 Å². The maximum absolute atomic E-state index is 10.7. The van der Waals surface area contributed by atoms with Crippen molar-refractivity contribution in [1.82, 2.24) is 0 Å². The zero-order chi connectivity index (χ0) is 17.2. The summed E-state index contributed by atoms with van der Waals surface area (Å²) in [7, 11) is 0. The summed E-state index contributed by atoms with van der Waals surface area (Å²) in [5.74, 6) is -2.29. The molecule has 0 fully saturated rings. The average molecular weight is 314 g/mol. The Hall–Kier alpha value is -2.62. The second-order valence-electron chi connectivity index (χ2n) is 5.18. The van der Waals surface area contributed by atoms with Gasteiger partial charge in [-0.15, -0.1) is 0 Å². The van der Waals surface area contributed by atoms with Crippen molar-refractivity contribution in [1.29, 1.82) is 0 Å². The van der Waals surface area contributed by atoms with E-state index in [1.54, 1.807) is 6.92 Å². The first-order valence-electron chi connectivity index (χ1n) is 7.52. The minimum atomic E-state index is -0.781. The molecule has 4 nitrogen and oxygen atoms in total. The minimum absolute atomic E-state index is 0.355. The molecule has 0 bridgehead atoms. The van der Waals surface area contributed by atoms with Gasteiger partial charge in [0.05, 0.1) is 11.8 Å². The molecular weight excluding hydrogens is 292 g/mol. The van der Waals surface area contributed by atoms with Gasteiger partial charge in [0.15, 0.2) is 0 Å². The van der Waals surface area contributed by atoms with E-state index in [0.29, 0.717) is 6.42 Å². The first-order chi connectivity index (χ1) is 11.0. The lowest BCUT2D eigenvalue weighted by atomic mass is 9.97. The van der Waals surface area contributed by atoms with Gasteiger partial charge < -0.3 is 10.2 Å². The second kappa shape index (κ2) is 9.41. The molecule has 122 valence electrons. The normalized spacial score (nSPS) is 12.4. The highest BCUT2D eigenvalue weighted by Crippen LogP contribution is 2.18. The minimum Gasteiger partial charge on any atom is -0.481 e. The molecule has 2 atom stereocenters. The Morgan fingerprint density at radius 2 is 1.26 bits per heavy atom. The number of carboxylic acids is 2. The van der Waals surface area contributed by atoms with Gasteiger partial charge in [0.25, 0.3) is 0 Å². The van der Waals surface area contributed by atoms with Crippen LogP contribution in [0.2, 0.25) is 0 Å². The monoisotopic (exact) mass is 314 g/mol. The molecule has 0 aromatic heterocycles. The van der Waals surface area contributed by atoms with Crippen molar-refractivity contribution < 1.29 is 19.8 Å². The second-order valence-corrected chi connectivity index (χ2v) is 5.18. The van der Waals surface area contributed by atoms with E-state index >= 15 is 0 Å². The average Bonchev–Trinajstić information content (AvgIpc) is 2.57. The lowest BCUT2D eigenvalue weighted by molar-refractivity contribution is -0.139. The van der Waals surface area contributed by atoms with Gasteiger partial charge in [-0.05, 0) is 24.5 Å². The zero-order valence-corrected chi connectivity index (χ0v) is 13.3. The van der Waals surface area contributed by atoms with Gasteiger partial charge in [-0.3, -0.25) is 9.59 Å². The molecule has 2 N–H and O–H groups in total. The predicted octanol–water partition coefficient (Wildman–Crippen LogP) is 4.14. The summed E-state index contributed by atoms with van der Waals surface area (Å²) in [4.78, 5) is 21.2. The van der Waals surface area contributed by atoms with Crippen molar-refractivity contribution in [3.63, 3.8) is 0 Å². The molecule has 0 aliphatic carbocycles. The van der Waals surface area contributed by atoms with E-state index in [1.807, 2.05) is 67.6 Å². The Labute approximate surface area is 136 Å². The highest BCUT2D eigenvalue weighted by Gasteiger charge is 2.16. The van der Waals surface area contributed by atoms with Crippen molar-refractivity contribution in [2.24, 2.45) is 0 Å². The molecule has 0 amide bonds. The van der Waals surface area contributed by atoms with Gasteiger partial charge in [0, 0.05) is 0 Å². The summed E-state index contributed by atoms with van der Waals surface area (Å²) in [6.45, 7) is 3.56. The van der Waals surface area contributed by atoms with Crippen molar-refractivity contribution >= 4 is 11.9 Å². The van der Waals surface area contributed by atoms with Crippen LogP contribution >= 0.6 is 0 Å². The Morgan fingerprint density at radius 1 is 0.826 bits per heavy atom. The van der Waals surface area contributed by atoms with Gasteiger partial charge in [0.2, 0.25) is 0 Å². The Morgan fingerprint density at radius 3 is 1.61 bits per heavy atom. The number of hydrogen-bond donors (Lipinski definition) is 2. The van der Waals surface area contributed by atoms with E-state index in [4.69, 9.17) is 10.2 Å². The first-order valence-corrected chi connectivity index (χ1v) is 7.52. The van der Waals surface area contributed by atoms with E-state index in [-0.39, 0.29) is 5.92 Å². The highest BCUT2D eigenvalue weighted by atomic mass is 16.4. The molecule has 4 heteroatoms. The van der Waals surface area contributed by atoms with E-state index in [0.717, 1.165) is 11.1 Å². The molecule has 23 heavy (non-hydrogen) atoms. The molecule has 0 radical (unpaired) electrons. The summed E-state index contributed by atoms with van der Waals surface area (Å²) in [6.07, 6.45) is 0.638. The number of aliphatic carboxylic acids is 2. The molecule has 2 aromatic rings. The van der Waals surface area contributed by atoms with Crippen LogP contribution in [0.15, 0.2) is 60.7 Å². The zero-order valence-electron chi connectivity index (χ0n) is 13.3. The van der Waals surface area contributed by atoms with Crippen molar-refractivity contribution in [3.05, 3.63) is 71.8 Å². The number of carbonyl (C=O) groups is 2. The van der Waals surface area contributed by atoms with Gasteiger partial charge in [0.1, 0.15) is 0 Å². The van der Waals surface area contributed by atoms with Crippen molar-refractivity contribution in [2.45, 2.75) is 32.1 Å². The predicted molar refractivity (Wildman–Crippen MR) is 89.6 cm³/mol. The van der Waals surface area contributed by atoms with Crippen LogP contribution in [0.3, 0.4) is 0 Å². The largest absolute Gasteiger partial charge is 0.481 e. The Bertz CT molecular complexity index is 608. The van der Waals surface area contributed by atoms with Crippen molar-refractivity contribution in [2.75, 3.05) is 0 Å². The van der Waals surface area contributed by atoms with Gasteiger partial charge in [-0.25, -0.2) is 0 Å². The van der Waals surface area contributed by atoms with Crippen LogP contribution < -0.4 is 0 Å². The summed E-state index contributed by atoms with van der Waals surface area (Å²) >= 11 is 0. The molecular formula is C19H22O4. The smallest absolute Gasteiger partial charge is 0.310 e. The third-order valence-electron chi connectivity index (χ3n) is 3.58. The summed E-state index contributed by atoms with van der Waals surface area (Å²) < 4.78 is 0. The summed E-state index contributed by atoms with van der Waals surface area (Å²) in [5.41, 5.74) is 1.73. The molecule has 0 saturated carbocycles. The highest BCUT2D eigenvalue weighted by molar-refractivity contribution is 5.76. The van der Waals surface area contributed by atoms with Crippen LogP contribution in [0.5, 0.6) is 0 Å². The molecule has 2 unspecified atom stereocenters. The van der Waals surface area contributed by atoms with Gasteiger partial charge in [-0.1, -0.05) is 67.6 Å². The van der Waals surface area contributed by atoms with E-state index < -0.39 is 17.9 Å². The van der Waals surface area contributed by atoms with Crippen molar-refractivity contribution in [3.8, 4) is 0 Å². The summed E-state index contributed by atoms with van der Waals surface area (Å²) in [5, 5.41) is 17.5. The fraction of sp³-hybridized carbons (Fsp3) is 0.263. The molecule has 0 spiro atoms. The topological polar surface area (TPSA) is 74.6 Å². The van der Waals surface area contributed by atoms with Crippen LogP contribution in [-0.4, -0.2) is 22.2 Å². The van der Waals surface area contributed by atoms with Crippen LogP contribution in [0, 0.1) is 0 Å². The quantitative estimate of drug-likeness (QED) is 0.869.